The van der Waals surface area contributed by atoms with Crippen LogP contribution < -0.4 is 5.32 Å². The van der Waals surface area contributed by atoms with E-state index in [0.29, 0.717) is 12.4 Å². The minimum absolute atomic E-state index is 0.163. The first-order valence-corrected chi connectivity index (χ1v) is 12.6. The SMILES string of the molecule is CCCCCCCCSN1CN=CN=C1Nc1cc(C(C)(C)C)c(O)c(C(C)(C)C)c1. The number of nitrogens with one attached hydrogen (secondary N) is 1. The monoisotopic (exact) mass is 446 g/mol. The van der Waals surface area contributed by atoms with E-state index in [1.807, 2.05) is 0 Å². The van der Waals surface area contributed by atoms with Crippen molar-refractivity contribution >= 4 is 29.9 Å². The second-order valence-corrected chi connectivity index (χ2v) is 11.5. The molecule has 0 amide bonds. The maximum absolute atomic E-state index is 11.0. The Bertz CT molecular complexity index is 740. The average molecular weight is 447 g/mol. The van der Waals surface area contributed by atoms with Crippen LogP contribution in [0.1, 0.15) is 98.1 Å². The van der Waals surface area contributed by atoms with E-state index in [1.165, 1.54) is 38.5 Å². The Morgan fingerprint density at radius 3 is 2.13 bits per heavy atom. The van der Waals surface area contributed by atoms with Gasteiger partial charge in [0.2, 0.25) is 5.96 Å². The van der Waals surface area contributed by atoms with E-state index < -0.39 is 0 Å². The lowest BCUT2D eigenvalue weighted by atomic mass is 9.79. The van der Waals surface area contributed by atoms with Gasteiger partial charge in [-0.25, -0.2) is 4.99 Å². The zero-order valence-corrected chi connectivity index (χ0v) is 21.4. The highest BCUT2D eigenvalue weighted by Crippen LogP contribution is 2.41. The number of hydrogen-bond donors (Lipinski definition) is 2. The van der Waals surface area contributed by atoms with E-state index >= 15 is 0 Å². The summed E-state index contributed by atoms with van der Waals surface area (Å²) in [5.74, 6) is 2.27. The third-order valence-corrected chi connectivity index (χ3v) is 6.51. The summed E-state index contributed by atoms with van der Waals surface area (Å²) in [7, 11) is 0. The molecule has 0 atom stereocenters. The Balaban J connectivity index is 2.12. The predicted molar refractivity (Wildman–Crippen MR) is 138 cm³/mol. The fourth-order valence-corrected chi connectivity index (χ4v) is 4.49. The molecule has 2 rings (SSSR count). The van der Waals surface area contributed by atoms with Gasteiger partial charge in [0.1, 0.15) is 18.8 Å². The van der Waals surface area contributed by atoms with Gasteiger partial charge in [-0.2, -0.15) is 0 Å². The average Bonchev–Trinajstić information content (AvgIpc) is 2.68. The van der Waals surface area contributed by atoms with Gasteiger partial charge >= 0.3 is 0 Å². The van der Waals surface area contributed by atoms with E-state index in [2.05, 4.69) is 80.2 Å². The van der Waals surface area contributed by atoms with Gasteiger partial charge in [0.05, 0.1) is 0 Å². The molecule has 31 heavy (non-hydrogen) atoms. The fourth-order valence-electron chi connectivity index (χ4n) is 3.57. The third-order valence-electron chi connectivity index (χ3n) is 5.44. The van der Waals surface area contributed by atoms with Crippen molar-refractivity contribution in [3.63, 3.8) is 0 Å². The molecule has 0 bridgehead atoms. The zero-order chi connectivity index (χ0) is 23.1. The van der Waals surface area contributed by atoms with Crippen molar-refractivity contribution in [3.05, 3.63) is 23.3 Å². The number of phenols is 1. The minimum Gasteiger partial charge on any atom is -0.507 e. The number of guanidine groups is 1. The molecule has 6 heteroatoms. The maximum atomic E-state index is 11.0. The molecule has 0 aromatic heterocycles. The van der Waals surface area contributed by atoms with E-state index in [-0.39, 0.29) is 10.8 Å². The molecule has 0 aliphatic carbocycles. The normalized spacial score (nSPS) is 14.7. The van der Waals surface area contributed by atoms with Gasteiger partial charge in [0.25, 0.3) is 0 Å². The van der Waals surface area contributed by atoms with Crippen LogP contribution in [0.25, 0.3) is 0 Å². The van der Waals surface area contributed by atoms with E-state index in [4.69, 9.17) is 0 Å². The molecule has 174 valence electrons. The quantitative estimate of drug-likeness (QED) is 0.242. The van der Waals surface area contributed by atoms with Gasteiger partial charge in [-0.15, -0.1) is 0 Å². The maximum Gasteiger partial charge on any atom is 0.216 e. The molecule has 1 aliphatic heterocycles. The van der Waals surface area contributed by atoms with Crippen LogP contribution in [0.5, 0.6) is 5.75 Å². The Morgan fingerprint density at radius 1 is 0.968 bits per heavy atom. The third kappa shape index (κ3) is 7.74. The summed E-state index contributed by atoms with van der Waals surface area (Å²) >= 11 is 1.79. The largest absolute Gasteiger partial charge is 0.507 e. The number of benzene rings is 1. The number of aliphatic imine (C=N–C) groups is 2. The molecular weight excluding hydrogens is 404 g/mol. The van der Waals surface area contributed by atoms with Gasteiger partial charge in [0.15, 0.2) is 0 Å². The molecule has 1 aromatic rings. The molecule has 0 spiro atoms. The summed E-state index contributed by atoms with van der Waals surface area (Å²) in [4.78, 5) is 8.84. The second-order valence-electron chi connectivity index (χ2n) is 10.4. The standard InChI is InChI=1S/C25H42N4OS/c1-8-9-10-11-12-13-14-31-29-18-26-17-27-23(29)28-19-15-20(24(2,3)4)22(30)21(16-19)25(5,6)7/h15-17,30H,8-14,18H2,1-7H3,(H,26,27,28). The fraction of sp³-hybridized carbons (Fsp3) is 0.680. The lowest BCUT2D eigenvalue weighted by Gasteiger charge is -2.30. The topological polar surface area (TPSA) is 60.2 Å². The summed E-state index contributed by atoms with van der Waals surface area (Å²) in [6.45, 7) is 15.6. The van der Waals surface area contributed by atoms with Crippen molar-refractivity contribution in [2.24, 2.45) is 9.98 Å². The van der Waals surface area contributed by atoms with Crippen LogP contribution in [0.4, 0.5) is 5.69 Å². The molecule has 0 fully saturated rings. The van der Waals surface area contributed by atoms with Crippen LogP contribution in [0.2, 0.25) is 0 Å². The van der Waals surface area contributed by atoms with Gasteiger partial charge < -0.3 is 10.4 Å². The van der Waals surface area contributed by atoms with Crippen molar-refractivity contribution in [2.45, 2.75) is 97.8 Å². The summed E-state index contributed by atoms with van der Waals surface area (Å²) in [5.41, 5.74) is 2.51. The lowest BCUT2D eigenvalue weighted by Crippen LogP contribution is -2.34. The van der Waals surface area contributed by atoms with Crippen LogP contribution in [0.15, 0.2) is 22.1 Å². The Kier molecular flexibility index (Phi) is 9.28. The van der Waals surface area contributed by atoms with Gasteiger partial charge in [-0.1, -0.05) is 80.6 Å². The zero-order valence-electron chi connectivity index (χ0n) is 20.6. The Hall–Kier alpha value is -1.69. The molecule has 0 unspecified atom stereocenters. The summed E-state index contributed by atoms with van der Waals surface area (Å²) in [6.07, 6.45) is 9.42. The number of aromatic hydroxyl groups is 1. The van der Waals surface area contributed by atoms with Crippen molar-refractivity contribution in [3.8, 4) is 5.75 Å². The van der Waals surface area contributed by atoms with Gasteiger partial charge in [-0.05, 0) is 41.3 Å². The number of unbranched alkanes of at least 4 members (excludes halogenated alkanes) is 5. The highest BCUT2D eigenvalue weighted by Gasteiger charge is 2.27. The van der Waals surface area contributed by atoms with Crippen LogP contribution >= 0.6 is 11.9 Å². The van der Waals surface area contributed by atoms with Crippen LogP contribution in [-0.2, 0) is 10.8 Å². The molecule has 5 nitrogen and oxygen atoms in total. The molecule has 1 heterocycles. The van der Waals surface area contributed by atoms with Crippen LogP contribution in [0, 0.1) is 0 Å². The van der Waals surface area contributed by atoms with Crippen molar-refractivity contribution in [1.82, 2.24) is 4.31 Å². The number of phenolic OH excluding ortho intramolecular Hbond substituents is 1. The van der Waals surface area contributed by atoms with E-state index in [9.17, 15) is 5.11 Å². The highest BCUT2D eigenvalue weighted by molar-refractivity contribution is 7.97. The second kappa shape index (κ2) is 11.3. The summed E-state index contributed by atoms with van der Waals surface area (Å²) < 4.78 is 2.13. The molecule has 0 saturated carbocycles. The number of nitrogens with zero attached hydrogens (tertiary/aromatic N) is 3. The highest BCUT2D eigenvalue weighted by atomic mass is 32.2. The van der Waals surface area contributed by atoms with Crippen molar-refractivity contribution < 1.29 is 5.11 Å². The van der Waals surface area contributed by atoms with Gasteiger partial charge in [-0.3, -0.25) is 9.30 Å². The molecule has 0 radical (unpaired) electrons. The summed E-state index contributed by atoms with van der Waals surface area (Å²) in [6, 6.07) is 4.10. The van der Waals surface area contributed by atoms with Crippen molar-refractivity contribution in [2.75, 3.05) is 17.7 Å². The Morgan fingerprint density at radius 2 is 1.55 bits per heavy atom. The summed E-state index contributed by atoms with van der Waals surface area (Å²) in [5, 5.41) is 14.5. The molecule has 1 aromatic carbocycles. The van der Waals surface area contributed by atoms with Crippen LogP contribution in [0.3, 0.4) is 0 Å². The first-order valence-electron chi connectivity index (χ1n) is 11.7. The smallest absolute Gasteiger partial charge is 0.216 e. The first kappa shape index (κ1) is 25.6. The molecule has 2 N–H and O–H groups in total. The Labute approximate surface area is 194 Å². The first-order chi connectivity index (χ1) is 14.5. The molecule has 0 saturated heterocycles. The number of hydrogen-bond acceptors (Lipinski definition) is 6. The minimum atomic E-state index is -0.163. The van der Waals surface area contributed by atoms with E-state index in [0.717, 1.165) is 28.5 Å². The number of anilines is 1. The molecular formula is C25H42N4OS. The molecule has 1 aliphatic rings. The van der Waals surface area contributed by atoms with Gasteiger partial charge in [0, 0.05) is 22.6 Å². The van der Waals surface area contributed by atoms with Crippen LogP contribution in [-0.4, -0.2) is 34.1 Å². The lowest BCUT2D eigenvalue weighted by molar-refractivity contribution is 0.423. The van der Waals surface area contributed by atoms with E-state index in [1.54, 1.807) is 18.3 Å². The van der Waals surface area contributed by atoms with Crippen molar-refractivity contribution in [1.29, 1.82) is 0 Å². The number of rotatable bonds is 9. The predicted octanol–water partition coefficient (Wildman–Crippen LogP) is 7.07.